The Morgan fingerprint density at radius 3 is 2.28 bits per heavy atom. The predicted octanol–water partition coefficient (Wildman–Crippen LogP) is 1.42. The van der Waals surface area contributed by atoms with Gasteiger partial charge in [0.1, 0.15) is 12.3 Å². The topological polar surface area (TPSA) is 135 Å². The third kappa shape index (κ3) is 6.31. The first kappa shape index (κ1) is 21.9. The molecular formula is C19H19N3O6S. The second-order valence-electron chi connectivity index (χ2n) is 5.81. The van der Waals surface area contributed by atoms with Crippen molar-refractivity contribution in [2.45, 2.75) is 17.9 Å². The Morgan fingerprint density at radius 2 is 1.72 bits per heavy atom. The van der Waals surface area contributed by atoms with E-state index in [1.165, 1.54) is 38.3 Å². The van der Waals surface area contributed by atoms with Gasteiger partial charge in [-0.15, -0.1) is 0 Å². The molecule has 0 fully saturated rings. The molecule has 0 aromatic heterocycles. The number of esters is 1. The molecule has 2 aromatic carbocycles. The fourth-order valence-electron chi connectivity index (χ4n) is 2.16. The lowest BCUT2D eigenvalue weighted by Gasteiger charge is -2.14. The zero-order valence-electron chi connectivity index (χ0n) is 15.7. The highest BCUT2D eigenvalue weighted by molar-refractivity contribution is 7.89. The number of ether oxygens (including phenoxy) is 2. The van der Waals surface area contributed by atoms with Crippen molar-refractivity contribution in [3.8, 4) is 11.8 Å². The zero-order valence-corrected chi connectivity index (χ0v) is 16.5. The van der Waals surface area contributed by atoms with Crippen molar-refractivity contribution in [2.75, 3.05) is 19.0 Å². The quantitative estimate of drug-likeness (QED) is 0.620. The van der Waals surface area contributed by atoms with E-state index in [1.54, 1.807) is 24.3 Å². The molecule has 0 aliphatic heterocycles. The van der Waals surface area contributed by atoms with Crippen LogP contribution in [0.15, 0.2) is 53.4 Å². The molecule has 0 saturated heterocycles. The third-order valence-corrected chi connectivity index (χ3v) is 5.15. The van der Waals surface area contributed by atoms with Crippen molar-refractivity contribution in [2.24, 2.45) is 0 Å². The van der Waals surface area contributed by atoms with Gasteiger partial charge in [-0.25, -0.2) is 8.42 Å². The standard InChI is InChI=1S/C19H19N3O6S/c1-13(19(24)22-15-5-7-16(27-2)8-6-15)28-18(23)12-21-29(25,26)17-9-3-14(11-20)4-10-17/h3-10,13,21H,12H2,1-2H3,(H,22,24)/t13-/m0/s1. The second-order valence-corrected chi connectivity index (χ2v) is 7.58. The molecule has 0 spiro atoms. The van der Waals surface area contributed by atoms with Gasteiger partial charge in [0.25, 0.3) is 5.91 Å². The maximum atomic E-state index is 12.2. The maximum Gasteiger partial charge on any atom is 0.321 e. The molecule has 0 bridgehead atoms. The Balaban J connectivity index is 1.86. The van der Waals surface area contributed by atoms with Gasteiger partial charge in [0.05, 0.1) is 23.6 Å². The summed E-state index contributed by atoms with van der Waals surface area (Å²) in [4.78, 5) is 23.9. The summed E-state index contributed by atoms with van der Waals surface area (Å²) < 4.78 is 36.4. The fraction of sp³-hybridized carbons (Fsp3) is 0.211. The smallest absolute Gasteiger partial charge is 0.321 e. The number of nitrogens with zero attached hydrogens (tertiary/aromatic N) is 1. The Labute approximate surface area is 168 Å². The number of nitriles is 1. The molecule has 0 radical (unpaired) electrons. The minimum absolute atomic E-state index is 0.102. The third-order valence-electron chi connectivity index (χ3n) is 3.74. The van der Waals surface area contributed by atoms with E-state index in [4.69, 9.17) is 14.7 Å². The summed E-state index contributed by atoms with van der Waals surface area (Å²) in [5.74, 6) is -0.866. The van der Waals surface area contributed by atoms with E-state index >= 15 is 0 Å². The van der Waals surface area contributed by atoms with E-state index in [2.05, 4.69) is 10.0 Å². The number of methoxy groups -OCH3 is 1. The lowest BCUT2D eigenvalue weighted by atomic mass is 10.2. The van der Waals surface area contributed by atoms with Crippen LogP contribution >= 0.6 is 0 Å². The van der Waals surface area contributed by atoms with Crippen molar-refractivity contribution in [1.82, 2.24) is 4.72 Å². The number of hydrogen-bond acceptors (Lipinski definition) is 7. The molecule has 0 saturated carbocycles. The van der Waals surface area contributed by atoms with Gasteiger partial charge in [0.2, 0.25) is 10.0 Å². The van der Waals surface area contributed by atoms with Crippen LogP contribution in [0.4, 0.5) is 5.69 Å². The largest absolute Gasteiger partial charge is 0.497 e. The molecule has 0 unspecified atom stereocenters. The lowest BCUT2D eigenvalue weighted by molar-refractivity contribution is -0.151. The number of anilines is 1. The number of rotatable bonds is 8. The molecule has 1 atom stereocenters. The van der Waals surface area contributed by atoms with Gasteiger partial charge < -0.3 is 14.8 Å². The summed E-state index contributed by atoms with van der Waals surface area (Å²) in [6, 6.07) is 13.6. The number of benzene rings is 2. The van der Waals surface area contributed by atoms with Crippen molar-refractivity contribution < 1.29 is 27.5 Å². The van der Waals surface area contributed by atoms with E-state index in [-0.39, 0.29) is 4.90 Å². The van der Waals surface area contributed by atoms with E-state index in [0.717, 1.165) is 0 Å². The van der Waals surface area contributed by atoms with Crippen LogP contribution < -0.4 is 14.8 Å². The summed E-state index contributed by atoms with van der Waals surface area (Å²) in [5, 5.41) is 11.3. The number of hydrogen-bond donors (Lipinski definition) is 2. The number of amides is 1. The monoisotopic (exact) mass is 417 g/mol. The summed E-state index contributed by atoms with van der Waals surface area (Å²) in [5.41, 5.74) is 0.792. The van der Waals surface area contributed by atoms with Crippen LogP contribution in [0, 0.1) is 11.3 Å². The van der Waals surface area contributed by atoms with Gasteiger partial charge in [-0.3, -0.25) is 9.59 Å². The van der Waals surface area contributed by atoms with Gasteiger partial charge in [0, 0.05) is 5.69 Å². The molecule has 152 valence electrons. The predicted molar refractivity (Wildman–Crippen MR) is 104 cm³/mol. The Morgan fingerprint density at radius 1 is 1.10 bits per heavy atom. The number of carbonyl (C=O) groups excluding carboxylic acids is 2. The summed E-state index contributed by atoms with van der Waals surface area (Å²) >= 11 is 0. The second kappa shape index (κ2) is 9.68. The van der Waals surface area contributed by atoms with Crippen LogP contribution in [0.25, 0.3) is 0 Å². The first-order valence-corrected chi connectivity index (χ1v) is 9.87. The van der Waals surface area contributed by atoms with Gasteiger partial charge in [-0.2, -0.15) is 9.98 Å². The molecule has 10 heteroatoms. The molecule has 0 aliphatic rings. The van der Waals surface area contributed by atoms with E-state index in [0.29, 0.717) is 17.0 Å². The van der Waals surface area contributed by atoms with Crippen molar-refractivity contribution in [3.05, 3.63) is 54.1 Å². The van der Waals surface area contributed by atoms with Crippen molar-refractivity contribution >= 4 is 27.6 Å². The highest BCUT2D eigenvalue weighted by Crippen LogP contribution is 2.15. The van der Waals surface area contributed by atoms with Gasteiger partial charge in [-0.05, 0) is 55.5 Å². The molecule has 0 heterocycles. The van der Waals surface area contributed by atoms with Crippen molar-refractivity contribution in [3.63, 3.8) is 0 Å². The molecule has 9 nitrogen and oxygen atoms in total. The molecule has 2 rings (SSSR count). The highest BCUT2D eigenvalue weighted by atomic mass is 32.2. The number of carbonyl (C=O) groups is 2. The van der Waals surface area contributed by atoms with Gasteiger partial charge in [-0.1, -0.05) is 0 Å². The molecule has 29 heavy (non-hydrogen) atoms. The molecular weight excluding hydrogens is 398 g/mol. The molecule has 2 aromatic rings. The SMILES string of the molecule is COc1ccc(NC(=O)[C@H](C)OC(=O)CNS(=O)(=O)c2ccc(C#N)cc2)cc1. The van der Waals surface area contributed by atoms with Crippen LogP contribution in [0.5, 0.6) is 5.75 Å². The molecule has 1 amide bonds. The lowest BCUT2D eigenvalue weighted by Crippen LogP contribution is -2.35. The Bertz CT molecular complexity index is 1010. The Hall–Kier alpha value is -3.42. The zero-order chi connectivity index (χ0) is 21.4. The summed E-state index contributed by atoms with van der Waals surface area (Å²) in [7, 11) is -2.45. The normalized spacial score (nSPS) is 11.8. The van der Waals surface area contributed by atoms with E-state index < -0.39 is 34.5 Å². The van der Waals surface area contributed by atoms with Crippen molar-refractivity contribution in [1.29, 1.82) is 5.26 Å². The number of sulfonamides is 1. The first-order valence-electron chi connectivity index (χ1n) is 8.39. The first-order chi connectivity index (χ1) is 13.7. The van der Waals surface area contributed by atoms with Crippen LogP contribution in [0.1, 0.15) is 12.5 Å². The molecule has 2 N–H and O–H groups in total. The minimum Gasteiger partial charge on any atom is -0.497 e. The van der Waals surface area contributed by atoms with Gasteiger partial charge >= 0.3 is 5.97 Å². The number of nitrogens with one attached hydrogen (secondary N) is 2. The van der Waals surface area contributed by atoms with Crippen LogP contribution in [-0.2, 0) is 24.3 Å². The Kier molecular flexibility index (Phi) is 7.30. The summed E-state index contributed by atoms with van der Waals surface area (Å²) in [6.07, 6.45) is -1.14. The minimum atomic E-state index is -3.96. The average Bonchev–Trinajstić information content (AvgIpc) is 2.73. The van der Waals surface area contributed by atoms with E-state index in [9.17, 15) is 18.0 Å². The van der Waals surface area contributed by atoms with Crippen LogP contribution in [-0.4, -0.2) is 40.1 Å². The highest BCUT2D eigenvalue weighted by Gasteiger charge is 2.20. The van der Waals surface area contributed by atoms with Crippen LogP contribution in [0.2, 0.25) is 0 Å². The summed E-state index contributed by atoms with van der Waals surface area (Å²) in [6.45, 7) is 0.717. The maximum absolute atomic E-state index is 12.2. The fourth-order valence-corrected chi connectivity index (χ4v) is 3.13. The van der Waals surface area contributed by atoms with Crippen LogP contribution in [0.3, 0.4) is 0 Å². The average molecular weight is 417 g/mol. The van der Waals surface area contributed by atoms with Gasteiger partial charge in [0.15, 0.2) is 6.10 Å². The molecule has 0 aliphatic carbocycles. The van der Waals surface area contributed by atoms with E-state index in [1.807, 2.05) is 6.07 Å².